The number of carbonyl (C=O) groups is 1. The summed E-state index contributed by atoms with van der Waals surface area (Å²) in [6, 6.07) is 5.90. The maximum atomic E-state index is 10.2. The Morgan fingerprint density at radius 2 is 1.82 bits per heavy atom. The number of ether oxygens (including phenoxy) is 2. The van der Waals surface area contributed by atoms with Crippen LogP contribution in [0.15, 0.2) is 24.3 Å². The summed E-state index contributed by atoms with van der Waals surface area (Å²) >= 11 is 0. The molecule has 8 nitrogen and oxygen atoms in total. The molecule has 0 saturated carbocycles. The monoisotopic (exact) mass is 315 g/mol. The molecule has 0 radical (unpaired) electrons. The zero-order valence-electron chi connectivity index (χ0n) is 12.1. The lowest BCUT2D eigenvalue weighted by Crippen LogP contribution is -2.61. The van der Waals surface area contributed by atoms with E-state index in [1.165, 1.54) is 0 Å². The van der Waals surface area contributed by atoms with Crippen molar-refractivity contribution in [3.63, 3.8) is 0 Å². The largest absolute Gasteiger partial charge is 0.497 e. The Morgan fingerprint density at radius 1 is 1.23 bits per heavy atom. The van der Waals surface area contributed by atoms with Crippen LogP contribution in [0.2, 0.25) is 0 Å². The van der Waals surface area contributed by atoms with Crippen molar-refractivity contribution in [2.75, 3.05) is 13.7 Å². The van der Waals surface area contributed by atoms with Crippen molar-refractivity contribution in [2.24, 2.45) is 5.73 Å². The van der Waals surface area contributed by atoms with Gasteiger partial charge < -0.3 is 35.6 Å². The molecule has 0 aliphatic carbocycles. The molecule has 0 spiro atoms. The van der Waals surface area contributed by atoms with Gasteiger partial charge in [0.25, 0.3) is 0 Å². The van der Waals surface area contributed by atoms with Gasteiger partial charge in [0.2, 0.25) is 0 Å². The summed E-state index contributed by atoms with van der Waals surface area (Å²) in [5, 5.41) is 36.1. The number of hydrogen-bond acceptors (Lipinski definition) is 8. The molecule has 1 saturated heterocycles. The standard InChI is InChI=1S/C8H8O2.C6H13NO5/c1-10-8-4-2-7(6-9)3-5-8;7-3-5(10)4(9)2(1-8)12-6(3)11/h2-6H,1H3;2-6,8-11H,1,7H2/t;2-,3-,4-,5-,6?/m.1/s1. The smallest absolute Gasteiger partial charge is 0.173 e. The molecule has 6 N–H and O–H groups in total. The van der Waals surface area contributed by atoms with Crippen molar-refractivity contribution in [1.29, 1.82) is 0 Å². The number of benzene rings is 1. The minimum atomic E-state index is -1.35. The fraction of sp³-hybridized carbons (Fsp3) is 0.500. The summed E-state index contributed by atoms with van der Waals surface area (Å²) in [5.74, 6) is 0.769. The summed E-state index contributed by atoms with van der Waals surface area (Å²) in [4.78, 5) is 10.2. The highest BCUT2D eigenvalue weighted by atomic mass is 16.6. The molecule has 22 heavy (non-hydrogen) atoms. The van der Waals surface area contributed by atoms with Crippen molar-refractivity contribution in [3.05, 3.63) is 29.8 Å². The third kappa shape index (κ3) is 4.73. The van der Waals surface area contributed by atoms with Gasteiger partial charge in [-0.15, -0.1) is 0 Å². The lowest BCUT2D eigenvalue weighted by molar-refractivity contribution is -0.248. The molecule has 1 heterocycles. The summed E-state index contributed by atoms with van der Waals surface area (Å²) in [5.41, 5.74) is 5.93. The third-order valence-corrected chi connectivity index (χ3v) is 3.20. The van der Waals surface area contributed by atoms with Crippen LogP contribution >= 0.6 is 0 Å². The zero-order valence-corrected chi connectivity index (χ0v) is 12.1. The second-order valence-corrected chi connectivity index (χ2v) is 4.70. The number of rotatable bonds is 3. The Bertz CT molecular complexity index is 448. The minimum absolute atomic E-state index is 0.470. The van der Waals surface area contributed by atoms with Gasteiger partial charge in [-0.25, -0.2) is 0 Å². The number of carbonyl (C=O) groups excluding carboxylic acids is 1. The predicted octanol–water partition coefficient (Wildman–Crippen LogP) is -1.75. The van der Waals surface area contributed by atoms with Gasteiger partial charge in [-0.2, -0.15) is 0 Å². The Labute approximate surface area is 127 Å². The van der Waals surface area contributed by atoms with E-state index in [2.05, 4.69) is 0 Å². The van der Waals surface area contributed by atoms with Gasteiger partial charge in [0, 0.05) is 5.56 Å². The molecule has 1 unspecified atom stereocenters. The maximum Gasteiger partial charge on any atom is 0.173 e. The highest BCUT2D eigenvalue weighted by Gasteiger charge is 2.41. The molecule has 124 valence electrons. The topological polar surface area (TPSA) is 142 Å². The van der Waals surface area contributed by atoms with Gasteiger partial charge in [0.05, 0.1) is 19.8 Å². The van der Waals surface area contributed by atoms with Crippen LogP contribution in [0.25, 0.3) is 0 Å². The second-order valence-electron chi connectivity index (χ2n) is 4.70. The van der Waals surface area contributed by atoms with Crippen molar-refractivity contribution in [3.8, 4) is 5.75 Å². The van der Waals surface area contributed by atoms with Gasteiger partial charge >= 0.3 is 0 Å². The van der Waals surface area contributed by atoms with Gasteiger partial charge in [0.1, 0.15) is 30.3 Å². The SMILES string of the molecule is COc1ccc(C=O)cc1.N[C@H]1C(O)O[C@H](CO)[C@@H](O)[C@@H]1O. The first kappa shape index (κ1) is 18.5. The molecule has 1 aromatic carbocycles. The third-order valence-electron chi connectivity index (χ3n) is 3.20. The van der Waals surface area contributed by atoms with Crippen LogP contribution in [-0.4, -0.2) is 71.1 Å². The molecule has 1 aliphatic heterocycles. The fourth-order valence-electron chi connectivity index (χ4n) is 1.80. The molecule has 0 bridgehead atoms. The molecule has 1 aromatic rings. The van der Waals surface area contributed by atoms with Gasteiger partial charge in [0.15, 0.2) is 6.29 Å². The van der Waals surface area contributed by atoms with Crippen LogP contribution in [0, 0.1) is 0 Å². The van der Waals surface area contributed by atoms with Gasteiger partial charge in [-0.1, -0.05) is 0 Å². The Kier molecular flexibility index (Phi) is 7.39. The number of aliphatic hydroxyl groups is 4. The molecule has 1 fully saturated rings. The van der Waals surface area contributed by atoms with Gasteiger partial charge in [-0.05, 0) is 24.3 Å². The lowest BCUT2D eigenvalue weighted by Gasteiger charge is -2.38. The van der Waals surface area contributed by atoms with Crippen LogP contribution in [0.5, 0.6) is 5.75 Å². The Morgan fingerprint density at radius 3 is 2.27 bits per heavy atom. The Hall–Kier alpha value is -1.55. The minimum Gasteiger partial charge on any atom is -0.497 e. The molecular weight excluding hydrogens is 294 g/mol. The first-order valence-corrected chi connectivity index (χ1v) is 6.60. The van der Waals surface area contributed by atoms with Crippen molar-refractivity contribution in [2.45, 2.75) is 30.6 Å². The van der Waals surface area contributed by atoms with E-state index in [1.807, 2.05) is 0 Å². The van der Waals surface area contributed by atoms with E-state index in [0.29, 0.717) is 5.56 Å². The van der Waals surface area contributed by atoms with E-state index in [0.717, 1.165) is 12.0 Å². The summed E-state index contributed by atoms with van der Waals surface area (Å²) in [6.07, 6.45) is -4.05. The van der Waals surface area contributed by atoms with E-state index < -0.39 is 37.3 Å². The highest BCUT2D eigenvalue weighted by Crippen LogP contribution is 2.17. The number of methoxy groups -OCH3 is 1. The number of nitrogens with two attached hydrogens (primary N) is 1. The quantitative estimate of drug-likeness (QED) is 0.413. The molecule has 2 rings (SSSR count). The van der Waals surface area contributed by atoms with Crippen molar-refractivity contribution in [1.82, 2.24) is 0 Å². The van der Waals surface area contributed by atoms with Crippen LogP contribution < -0.4 is 10.5 Å². The fourth-order valence-corrected chi connectivity index (χ4v) is 1.80. The van der Waals surface area contributed by atoms with Crippen LogP contribution in [0.1, 0.15) is 10.4 Å². The highest BCUT2D eigenvalue weighted by molar-refractivity contribution is 5.74. The van der Waals surface area contributed by atoms with E-state index >= 15 is 0 Å². The first-order chi connectivity index (χ1) is 10.4. The molecular formula is C14H21NO7. The average Bonchev–Trinajstić information content (AvgIpc) is 2.56. The summed E-state index contributed by atoms with van der Waals surface area (Å²) in [7, 11) is 1.59. The Balaban J connectivity index is 0.000000224. The second kappa shape index (κ2) is 8.79. The normalized spacial score (nSPS) is 30.9. The molecule has 8 heteroatoms. The van der Waals surface area contributed by atoms with Gasteiger partial charge in [-0.3, -0.25) is 4.79 Å². The predicted molar refractivity (Wildman–Crippen MR) is 76.3 cm³/mol. The summed E-state index contributed by atoms with van der Waals surface area (Å²) in [6.45, 7) is -0.470. The average molecular weight is 315 g/mol. The summed E-state index contributed by atoms with van der Waals surface area (Å²) < 4.78 is 9.60. The van der Waals surface area contributed by atoms with Crippen LogP contribution in [0.4, 0.5) is 0 Å². The van der Waals surface area contributed by atoms with Crippen LogP contribution in [0.3, 0.4) is 0 Å². The van der Waals surface area contributed by atoms with Crippen LogP contribution in [-0.2, 0) is 4.74 Å². The van der Waals surface area contributed by atoms with E-state index in [9.17, 15) is 15.0 Å². The van der Waals surface area contributed by atoms with Crippen molar-refractivity contribution < 1.29 is 34.7 Å². The number of aldehydes is 1. The van der Waals surface area contributed by atoms with E-state index in [4.69, 9.17) is 25.4 Å². The first-order valence-electron chi connectivity index (χ1n) is 6.60. The van der Waals surface area contributed by atoms with E-state index in [-0.39, 0.29) is 0 Å². The number of hydrogen-bond donors (Lipinski definition) is 5. The van der Waals surface area contributed by atoms with E-state index in [1.54, 1.807) is 31.4 Å². The van der Waals surface area contributed by atoms with Crippen molar-refractivity contribution >= 4 is 6.29 Å². The number of aliphatic hydroxyl groups excluding tert-OH is 4. The zero-order chi connectivity index (χ0) is 16.7. The molecule has 5 atom stereocenters. The molecule has 1 aliphatic rings. The molecule has 0 amide bonds. The molecule has 0 aromatic heterocycles. The maximum absolute atomic E-state index is 10.2. The lowest BCUT2D eigenvalue weighted by atomic mass is 9.98.